The molecule has 0 fully saturated rings. The normalized spacial score (nSPS) is 7.83. The van der Waals surface area contributed by atoms with Crippen LogP contribution in [0, 0.1) is 6.08 Å². The van der Waals surface area contributed by atoms with Gasteiger partial charge in [0, 0.05) is 0 Å². The maximum Gasteiger partial charge on any atom is -0.0305 e. The van der Waals surface area contributed by atoms with E-state index in [9.17, 15) is 0 Å². The van der Waals surface area contributed by atoms with Crippen LogP contribution >= 0.6 is 0 Å². The lowest BCUT2D eigenvalue weighted by Crippen LogP contribution is -1.60. The predicted molar refractivity (Wildman–Crippen MR) is 28.4 cm³/mol. The van der Waals surface area contributed by atoms with Crippen molar-refractivity contribution in [2.75, 3.05) is 0 Å². The highest BCUT2D eigenvalue weighted by molar-refractivity contribution is 4.84. The summed E-state index contributed by atoms with van der Waals surface area (Å²) in [5, 5.41) is 0. The summed E-state index contributed by atoms with van der Waals surface area (Å²) in [4.78, 5) is 0. The highest BCUT2D eigenvalue weighted by atomic mass is 13.7. The molecule has 0 bridgehead atoms. The van der Waals surface area contributed by atoms with Gasteiger partial charge in [-0.3, -0.25) is 0 Å². The second kappa shape index (κ2) is 2.95. The molecule has 0 aliphatic heterocycles. The van der Waals surface area contributed by atoms with E-state index in [1.165, 1.54) is 5.57 Å². The molecule has 0 rings (SSSR count). The fourth-order valence-corrected chi connectivity index (χ4v) is 0.354. The van der Waals surface area contributed by atoms with Crippen molar-refractivity contribution in [2.24, 2.45) is 0 Å². The molecule has 0 unspecified atom stereocenters. The van der Waals surface area contributed by atoms with Crippen LogP contribution in [0.1, 0.15) is 27.2 Å². The number of hydrogen-bond acceptors (Lipinski definition) is 0. The number of hydrogen-bond donors (Lipinski definition) is 0. The van der Waals surface area contributed by atoms with Crippen LogP contribution in [0.5, 0.6) is 0 Å². The van der Waals surface area contributed by atoms with E-state index >= 15 is 0 Å². The van der Waals surface area contributed by atoms with Gasteiger partial charge in [-0.15, -0.1) is 0 Å². The first-order valence-electron chi connectivity index (χ1n) is 2.31. The molecular formula is C6H11. The molecule has 0 nitrogen and oxygen atoms in total. The minimum atomic E-state index is 1.04. The van der Waals surface area contributed by atoms with Crippen molar-refractivity contribution in [1.82, 2.24) is 0 Å². The lowest BCUT2D eigenvalue weighted by atomic mass is 10.3. The second-order valence-corrected chi connectivity index (χ2v) is 1.53. The van der Waals surface area contributed by atoms with Gasteiger partial charge >= 0.3 is 0 Å². The smallest absolute Gasteiger partial charge is 0.0305 e. The minimum Gasteiger partial charge on any atom is -0.0730 e. The van der Waals surface area contributed by atoms with Gasteiger partial charge in [0.05, 0.1) is 0 Å². The van der Waals surface area contributed by atoms with Crippen LogP contribution in [0.25, 0.3) is 0 Å². The van der Waals surface area contributed by atoms with Gasteiger partial charge in [-0.1, -0.05) is 12.5 Å². The summed E-state index contributed by atoms with van der Waals surface area (Å²) in [5.74, 6) is 0. The van der Waals surface area contributed by atoms with E-state index in [-0.39, 0.29) is 0 Å². The molecule has 0 heterocycles. The first kappa shape index (κ1) is 5.74. The molecular weight excluding hydrogens is 72.1 g/mol. The van der Waals surface area contributed by atoms with E-state index in [1.54, 1.807) is 0 Å². The summed E-state index contributed by atoms with van der Waals surface area (Å²) in [6.07, 6.45) is 4.17. The molecule has 0 N–H and O–H groups in total. The van der Waals surface area contributed by atoms with Gasteiger partial charge in [-0.05, 0) is 26.3 Å². The molecule has 0 saturated heterocycles. The summed E-state index contributed by atoms with van der Waals surface area (Å²) in [5.41, 5.74) is 1.29. The zero-order valence-electron chi connectivity index (χ0n) is 4.71. The van der Waals surface area contributed by atoms with Crippen molar-refractivity contribution in [2.45, 2.75) is 27.2 Å². The van der Waals surface area contributed by atoms with Gasteiger partial charge in [0.15, 0.2) is 0 Å². The van der Waals surface area contributed by atoms with Crippen LogP contribution in [0.4, 0.5) is 0 Å². The lowest BCUT2D eigenvalue weighted by Gasteiger charge is -1.78. The van der Waals surface area contributed by atoms with E-state index in [0.717, 1.165) is 6.42 Å². The minimum absolute atomic E-state index is 1.04. The second-order valence-electron chi connectivity index (χ2n) is 1.53. The van der Waals surface area contributed by atoms with Gasteiger partial charge in [-0.2, -0.15) is 0 Å². The Balaban J connectivity index is 3.14. The van der Waals surface area contributed by atoms with Crippen molar-refractivity contribution >= 4 is 0 Å². The molecule has 1 radical (unpaired) electrons. The molecule has 0 aliphatic rings. The summed E-state index contributed by atoms with van der Waals surface area (Å²) < 4.78 is 0. The molecule has 6 heavy (non-hydrogen) atoms. The average Bonchev–Trinajstić information content (AvgIpc) is 1.35. The molecule has 35 valence electrons. The zero-order chi connectivity index (χ0) is 4.99. The molecule has 0 saturated carbocycles. The van der Waals surface area contributed by atoms with E-state index in [2.05, 4.69) is 26.8 Å². The van der Waals surface area contributed by atoms with E-state index < -0.39 is 0 Å². The maximum absolute atomic E-state index is 3.12. The highest BCUT2D eigenvalue weighted by Gasteiger charge is 1.68. The summed E-state index contributed by atoms with van der Waals surface area (Å²) in [6.45, 7) is 6.21. The highest BCUT2D eigenvalue weighted by Crippen LogP contribution is 1.87. The van der Waals surface area contributed by atoms with Crippen LogP contribution in [0.15, 0.2) is 5.57 Å². The van der Waals surface area contributed by atoms with Crippen LogP contribution < -0.4 is 0 Å². The van der Waals surface area contributed by atoms with Gasteiger partial charge in [0.2, 0.25) is 0 Å². The zero-order valence-corrected chi connectivity index (χ0v) is 4.71. The molecule has 0 heteroatoms. The van der Waals surface area contributed by atoms with Crippen molar-refractivity contribution in [3.63, 3.8) is 0 Å². The summed E-state index contributed by atoms with van der Waals surface area (Å²) in [7, 11) is 0. The Kier molecular flexibility index (Phi) is 2.82. The molecule has 0 aromatic heterocycles. The van der Waals surface area contributed by atoms with Crippen LogP contribution in [0.2, 0.25) is 0 Å². The van der Waals surface area contributed by atoms with Crippen LogP contribution in [-0.2, 0) is 0 Å². The van der Waals surface area contributed by atoms with Gasteiger partial charge in [0.25, 0.3) is 0 Å². The van der Waals surface area contributed by atoms with Gasteiger partial charge in [-0.25, -0.2) is 0 Å². The monoisotopic (exact) mass is 83.1 g/mol. The molecule has 0 amide bonds. The topological polar surface area (TPSA) is 0 Å². The molecule has 0 aromatic carbocycles. The van der Waals surface area contributed by atoms with Crippen molar-refractivity contribution < 1.29 is 0 Å². The molecule has 0 aromatic rings. The Labute approximate surface area is 39.9 Å². The van der Waals surface area contributed by atoms with Crippen molar-refractivity contribution in [3.05, 3.63) is 11.6 Å². The first-order chi connectivity index (χ1) is 2.77. The average molecular weight is 83.2 g/mol. The third-order valence-corrected chi connectivity index (χ3v) is 0.530. The Bertz CT molecular complexity index is 47.1. The van der Waals surface area contributed by atoms with Gasteiger partial charge < -0.3 is 0 Å². The van der Waals surface area contributed by atoms with Crippen molar-refractivity contribution in [3.8, 4) is 0 Å². The summed E-state index contributed by atoms with van der Waals surface area (Å²) >= 11 is 0. The fraction of sp³-hybridized carbons (Fsp3) is 0.667. The Morgan fingerprint density at radius 3 is 2.00 bits per heavy atom. The number of rotatable bonds is 1. The largest absolute Gasteiger partial charge is 0.0730 e. The van der Waals surface area contributed by atoms with Crippen LogP contribution in [-0.4, -0.2) is 0 Å². The summed E-state index contributed by atoms with van der Waals surface area (Å²) in [6, 6.07) is 0. The standard InChI is InChI=1S/C6H11/c1-4-5-6(2)3/h4H2,1-3H3. The maximum atomic E-state index is 3.12. The molecule has 0 aliphatic carbocycles. The third-order valence-electron chi connectivity index (χ3n) is 0.530. The SMILES string of the molecule is CC[C]=C(C)C. The first-order valence-corrected chi connectivity index (χ1v) is 2.31. The van der Waals surface area contributed by atoms with E-state index in [4.69, 9.17) is 0 Å². The van der Waals surface area contributed by atoms with E-state index in [0.29, 0.717) is 0 Å². The quantitative estimate of drug-likeness (QED) is 0.455. The van der Waals surface area contributed by atoms with E-state index in [1.807, 2.05) is 0 Å². The fourth-order valence-electron chi connectivity index (χ4n) is 0.354. The third kappa shape index (κ3) is 3.74. The molecule has 0 spiro atoms. The Morgan fingerprint density at radius 2 is 2.00 bits per heavy atom. The van der Waals surface area contributed by atoms with Crippen molar-refractivity contribution in [1.29, 1.82) is 0 Å². The molecule has 0 atom stereocenters. The predicted octanol–water partition coefficient (Wildman–Crippen LogP) is 2.17. The number of allylic oxidation sites excluding steroid dienone is 2. The van der Waals surface area contributed by atoms with Gasteiger partial charge in [0.1, 0.15) is 0 Å². The van der Waals surface area contributed by atoms with Crippen LogP contribution in [0.3, 0.4) is 0 Å². The Morgan fingerprint density at radius 1 is 1.50 bits per heavy atom. The Hall–Kier alpha value is -0.260. The lowest BCUT2D eigenvalue weighted by molar-refractivity contribution is 1.13.